The Hall–Kier alpha value is -2.18. The van der Waals surface area contributed by atoms with Gasteiger partial charge in [0.05, 0.1) is 36.1 Å². The molecule has 1 saturated carbocycles. The molecule has 0 N–H and O–H groups in total. The van der Waals surface area contributed by atoms with Crippen molar-refractivity contribution in [1.82, 2.24) is 14.7 Å². The molecule has 0 unspecified atom stereocenters. The normalized spacial score (nSPS) is 26.3. The molecule has 1 aromatic carbocycles. The van der Waals surface area contributed by atoms with Crippen LogP contribution < -0.4 is 0 Å². The first-order valence-corrected chi connectivity index (χ1v) is 8.82. The Morgan fingerprint density at radius 3 is 2.96 bits per heavy atom. The predicted octanol–water partition coefficient (Wildman–Crippen LogP) is 2.28. The fourth-order valence-electron chi connectivity index (χ4n) is 3.96. The number of aromatic nitrogens is 2. The molecule has 6 heteroatoms. The molecule has 25 heavy (non-hydrogen) atoms. The molecule has 0 spiro atoms. The summed E-state index contributed by atoms with van der Waals surface area (Å²) in [6, 6.07) is 9.56. The predicted molar refractivity (Wildman–Crippen MR) is 92.8 cm³/mol. The highest BCUT2D eigenvalue weighted by Crippen LogP contribution is 2.31. The van der Waals surface area contributed by atoms with E-state index in [0.717, 1.165) is 24.9 Å². The largest absolute Gasteiger partial charge is 0.381 e. The molecular weight excluding hydrogens is 318 g/mol. The van der Waals surface area contributed by atoms with E-state index in [4.69, 9.17) is 9.47 Å². The first-order chi connectivity index (χ1) is 12.3. The van der Waals surface area contributed by atoms with Gasteiger partial charge in [0.15, 0.2) is 0 Å². The molecule has 132 valence electrons. The second-order valence-electron chi connectivity index (χ2n) is 6.61. The van der Waals surface area contributed by atoms with Gasteiger partial charge in [0.1, 0.15) is 0 Å². The second kappa shape index (κ2) is 6.98. The van der Waals surface area contributed by atoms with Crippen molar-refractivity contribution in [2.45, 2.75) is 37.5 Å². The zero-order chi connectivity index (χ0) is 17.2. The lowest BCUT2D eigenvalue weighted by atomic mass is 9.87. The van der Waals surface area contributed by atoms with Gasteiger partial charge in [-0.2, -0.15) is 5.10 Å². The molecule has 1 saturated heterocycles. The third kappa shape index (κ3) is 3.07. The summed E-state index contributed by atoms with van der Waals surface area (Å²) < 4.78 is 13.2. The summed E-state index contributed by atoms with van der Waals surface area (Å²) in [5.41, 5.74) is 1.48. The molecule has 0 radical (unpaired) electrons. The van der Waals surface area contributed by atoms with Gasteiger partial charge in [0.25, 0.3) is 5.91 Å². The smallest absolute Gasteiger partial charge is 0.256 e. The van der Waals surface area contributed by atoms with Crippen molar-refractivity contribution in [3.8, 4) is 5.69 Å². The van der Waals surface area contributed by atoms with Gasteiger partial charge in [-0.25, -0.2) is 4.68 Å². The van der Waals surface area contributed by atoms with E-state index in [2.05, 4.69) is 5.10 Å². The molecule has 6 nitrogen and oxygen atoms in total. The number of morpholine rings is 1. The third-order valence-corrected chi connectivity index (χ3v) is 5.25. The highest BCUT2D eigenvalue weighted by Gasteiger charge is 2.40. The summed E-state index contributed by atoms with van der Waals surface area (Å²) in [4.78, 5) is 15.3. The van der Waals surface area contributed by atoms with Crippen molar-refractivity contribution in [3.05, 3.63) is 48.3 Å². The molecule has 2 heterocycles. The summed E-state index contributed by atoms with van der Waals surface area (Å²) in [5, 5.41) is 4.28. The van der Waals surface area contributed by atoms with Crippen LogP contribution in [-0.2, 0) is 9.47 Å². The molecule has 1 aliphatic heterocycles. The Morgan fingerprint density at radius 2 is 2.16 bits per heavy atom. The van der Waals surface area contributed by atoms with E-state index >= 15 is 0 Å². The Balaban J connectivity index is 1.64. The Bertz CT molecular complexity index is 731. The number of rotatable bonds is 3. The van der Waals surface area contributed by atoms with Crippen molar-refractivity contribution in [2.75, 3.05) is 20.3 Å². The minimum absolute atomic E-state index is 0.0427. The van der Waals surface area contributed by atoms with Crippen LogP contribution in [0.25, 0.3) is 5.69 Å². The lowest BCUT2D eigenvalue weighted by Crippen LogP contribution is -2.57. The third-order valence-electron chi connectivity index (χ3n) is 5.25. The lowest BCUT2D eigenvalue weighted by Gasteiger charge is -2.45. The van der Waals surface area contributed by atoms with E-state index in [0.29, 0.717) is 18.7 Å². The zero-order valence-electron chi connectivity index (χ0n) is 14.4. The molecule has 3 atom stereocenters. The molecule has 1 aliphatic carbocycles. The van der Waals surface area contributed by atoms with Crippen LogP contribution in [0.4, 0.5) is 0 Å². The number of nitrogens with zero attached hydrogens (tertiary/aromatic N) is 3. The maximum atomic E-state index is 13.4. The maximum Gasteiger partial charge on any atom is 0.256 e. The molecule has 2 fully saturated rings. The summed E-state index contributed by atoms with van der Waals surface area (Å²) in [5.74, 6) is 0.0427. The van der Waals surface area contributed by atoms with Gasteiger partial charge in [-0.15, -0.1) is 0 Å². The molecule has 4 rings (SSSR count). The van der Waals surface area contributed by atoms with E-state index in [1.807, 2.05) is 41.4 Å². The summed E-state index contributed by atoms with van der Waals surface area (Å²) in [6.45, 7) is 1.21. The molecule has 0 bridgehead atoms. The first kappa shape index (κ1) is 16.3. The zero-order valence-corrected chi connectivity index (χ0v) is 14.4. The standard InChI is InChI=1S/C19H23N3O3/c1-24-14-7-8-18-17(13-14)21(11-12-25-18)19(23)15-5-2-3-6-16(15)22-10-4-9-20-22/h2-6,9-10,14,17-18H,7-8,11-13H2,1H3/t14-,17-,18-/m1/s1. The van der Waals surface area contributed by atoms with Crippen molar-refractivity contribution in [1.29, 1.82) is 0 Å². The van der Waals surface area contributed by atoms with Crippen molar-refractivity contribution in [2.24, 2.45) is 0 Å². The van der Waals surface area contributed by atoms with Crippen LogP contribution >= 0.6 is 0 Å². The summed E-state index contributed by atoms with van der Waals surface area (Å²) >= 11 is 0. The van der Waals surface area contributed by atoms with E-state index in [1.54, 1.807) is 18.0 Å². The maximum absolute atomic E-state index is 13.4. The molecule has 1 amide bonds. The quantitative estimate of drug-likeness (QED) is 0.859. The number of hydrogen-bond donors (Lipinski definition) is 0. The number of fused-ring (bicyclic) bond motifs is 1. The van der Waals surface area contributed by atoms with Crippen LogP contribution in [-0.4, -0.2) is 59.1 Å². The van der Waals surface area contributed by atoms with Gasteiger partial charge in [0.2, 0.25) is 0 Å². The van der Waals surface area contributed by atoms with Crippen molar-refractivity contribution >= 4 is 5.91 Å². The van der Waals surface area contributed by atoms with Crippen LogP contribution in [0.3, 0.4) is 0 Å². The number of para-hydroxylation sites is 1. The molecular formula is C19H23N3O3. The highest BCUT2D eigenvalue weighted by molar-refractivity contribution is 5.98. The first-order valence-electron chi connectivity index (χ1n) is 8.82. The van der Waals surface area contributed by atoms with Crippen LogP contribution in [0.15, 0.2) is 42.7 Å². The average Bonchev–Trinajstić information content (AvgIpc) is 3.21. The highest BCUT2D eigenvalue weighted by atomic mass is 16.5. The number of hydrogen-bond acceptors (Lipinski definition) is 4. The lowest BCUT2D eigenvalue weighted by molar-refractivity contribution is -0.101. The number of amides is 1. The van der Waals surface area contributed by atoms with E-state index < -0.39 is 0 Å². The fourth-order valence-corrected chi connectivity index (χ4v) is 3.96. The number of carbonyl (C=O) groups is 1. The molecule has 1 aromatic heterocycles. The van der Waals surface area contributed by atoms with Gasteiger partial charge in [-0.3, -0.25) is 4.79 Å². The van der Waals surface area contributed by atoms with Crippen LogP contribution in [0, 0.1) is 0 Å². The fraction of sp³-hybridized carbons (Fsp3) is 0.474. The average molecular weight is 341 g/mol. The van der Waals surface area contributed by atoms with E-state index in [9.17, 15) is 4.79 Å². The van der Waals surface area contributed by atoms with E-state index in [1.165, 1.54) is 0 Å². The van der Waals surface area contributed by atoms with Crippen LogP contribution in [0.2, 0.25) is 0 Å². The number of methoxy groups -OCH3 is 1. The Morgan fingerprint density at radius 1 is 1.28 bits per heavy atom. The summed E-state index contributed by atoms with van der Waals surface area (Å²) in [7, 11) is 1.74. The monoisotopic (exact) mass is 341 g/mol. The second-order valence-corrected chi connectivity index (χ2v) is 6.61. The van der Waals surface area contributed by atoms with Gasteiger partial charge < -0.3 is 14.4 Å². The van der Waals surface area contributed by atoms with Gasteiger partial charge in [-0.05, 0) is 37.5 Å². The Kier molecular flexibility index (Phi) is 4.55. The minimum Gasteiger partial charge on any atom is -0.381 e. The van der Waals surface area contributed by atoms with Gasteiger partial charge >= 0.3 is 0 Å². The minimum atomic E-state index is 0.0427. The van der Waals surface area contributed by atoms with Crippen molar-refractivity contribution in [3.63, 3.8) is 0 Å². The Labute approximate surface area is 147 Å². The van der Waals surface area contributed by atoms with Crippen molar-refractivity contribution < 1.29 is 14.3 Å². The van der Waals surface area contributed by atoms with Gasteiger partial charge in [-0.1, -0.05) is 12.1 Å². The number of carbonyl (C=O) groups excluding carboxylic acids is 1. The number of benzene rings is 1. The van der Waals surface area contributed by atoms with Crippen LogP contribution in [0.5, 0.6) is 0 Å². The van der Waals surface area contributed by atoms with E-state index in [-0.39, 0.29) is 24.2 Å². The van der Waals surface area contributed by atoms with Crippen LogP contribution in [0.1, 0.15) is 29.6 Å². The molecule has 2 aliphatic rings. The number of ether oxygens (including phenoxy) is 2. The SMILES string of the molecule is CO[C@@H]1CC[C@H]2OCCN(C(=O)c3ccccc3-n3cccn3)[C@@H]2C1. The molecule has 2 aromatic rings. The summed E-state index contributed by atoms with van der Waals surface area (Å²) in [6.07, 6.45) is 6.64. The van der Waals surface area contributed by atoms with Gasteiger partial charge in [0, 0.05) is 26.0 Å². The topological polar surface area (TPSA) is 56.6 Å².